The first-order chi connectivity index (χ1) is 11.1. The first kappa shape index (κ1) is 16.5. The van der Waals surface area contributed by atoms with Crippen molar-refractivity contribution in [2.24, 2.45) is 5.10 Å². The van der Waals surface area contributed by atoms with Crippen LogP contribution in [0.1, 0.15) is 16.7 Å². The van der Waals surface area contributed by atoms with Crippen molar-refractivity contribution in [1.29, 1.82) is 0 Å². The molecule has 1 N–H and O–H groups in total. The number of nitrogens with zero attached hydrogens (tertiary/aromatic N) is 1. The summed E-state index contributed by atoms with van der Waals surface area (Å²) >= 11 is 0. The van der Waals surface area contributed by atoms with E-state index in [0.717, 1.165) is 22.4 Å². The maximum Gasteiger partial charge on any atom is 0.277 e. The molecule has 0 unspecified atom stereocenters. The Kier molecular flexibility index (Phi) is 5.74. The number of benzene rings is 2. The Balaban J connectivity index is 1.85. The lowest BCUT2D eigenvalue weighted by molar-refractivity contribution is -0.123. The molecule has 120 valence electrons. The molecule has 0 atom stereocenters. The highest BCUT2D eigenvalue weighted by molar-refractivity contribution is 5.83. The van der Waals surface area contributed by atoms with Gasteiger partial charge in [-0.2, -0.15) is 5.10 Å². The number of methoxy groups -OCH3 is 1. The molecule has 0 saturated heterocycles. The average Bonchev–Trinajstić information content (AvgIpc) is 2.56. The zero-order chi connectivity index (χ0) is 16.7. The lowest BCUT2D eigenvalue weighted by atomic mass is 10.1. The van der Waals surface area contributed by atoms with Crippen molar-refractivity contribution in [3.05, 3.63) is 59.2 Å². The van der Waals surface area contributed by atoms with E-state index in [0.29, 0.717) is 5.75 Å². The molecule has 0 aliphatic heterocycles. The maximum atomic E-state index is 11.8. The number of carbonyl (C=O) groups excluding carboxylic acids is 1. The van der Waals surface area contributed by atoms with Gasteiger partial charge in [0.1, 0.15) is 11.5 Å². The van der Waals surface area contributed by atoms with Crippen LogP contribution in [0.5, 0.6) is 11.5 Å². The number of hydrogen-bond donors (Lipinski definition) is 1. The summed E-state index contributed by atoms with van der Waals surface area (Å²) in [6, 6.07) is 13.1. The SMILES string of the molecule is COc1cccc(/C=N/NC(=O)COc2cccc(C)c2C)c1. The van der Waals surface area contributed by atoms with E-state index in [9.17, 15) is 4.79 Å². The summed E-state index contributed by atoms with van der Waals surface area (Å²) in [6.45, 7) is 3.88. The third kappa shape index (κ3) is 4.85. The van der Waals surface area contributed by atoms with Gasteiger partial charge in [-0.3, -0.25) is 4.79 Å². The van der Waals surface area contributed by atoms with E-state index in [1.807, 2.05) is 56.3 Å². The number of nitrogens with one attached hydrogen (secondary N) is 1. The predicted molar refractivity (Wildman–Crippen MR) is 90.1 cm³/mol. The number of ether oxygens (including phenoxy) is 2. The quantitative estimate of drug-likeness (QED) is 0.659. The van der Waals surface area contributed by atoms with Crippen LogP contribution in [0.3, 0.4) is 0 Å². The van der Waals surface area contributed by atoms with Gasteiger partial charge in [-0.15, -0.1) is 0 Å². The van der Waals surface area contributed by atoms with Gasteiger partial charge in [0.25, 0.3) is 5.91 Å². The van der Waals surface area contributed by atoms with Gasteiger partial charge in [-0.05, 0) is 48.7 Å². The molecule has 0 aliphatic rings. The number of hydrazone groups is 1. The van der Waals surface area contributed by atoms with Crippen LogP contribution in [0.15, 0.2) is 47.6 Å². The Labute approximate surface area is 135 Å². The van der Waals surface area contributed by atoms with Crippen LogP contribution < -0.4 is 14.9 Å². The lowest BCUT2D eigenvalue weighted by Gasteiger charge is -2.09. The van der Waals surface area contributed by atoms with Crippen molar-refractivity contribution >= 4 is 12.1 Å². The monoisotopic (exact) mass is 312 g/mol. The number of rotatable bonds is 6. The second-order valence-electron chi connectivity index (χ2n) is 5.06. The Hall–Kier alpha value is -2.82. The Bertz CT molecular complexity index is 711. The van der Waals surface area contributed by atoms with Crippen LogP contribution in [-0.4, -0.2) is 25.8 Å². The average molecular weight is 312 g/mol. The van der Waals surface area contributed by atoms with Gasteiger partial charge in [-0.1, -0.05) is 24.3 Å². The van der Waals surface area contributed by atoms with Crippen LogP contribution in [0, 0.1) is 13.8 Å². The van der Waals surface area contributed by atoms with Crippen LogP contribution >= 0.6 is 0 Å². The fourth-order valence-corrected chi connectivity index (χ4v) is 1.96. The molecule has 0 radical (unpaired) electrons. The molecule has 0 aromatic heterocycles. The van der Waals surface area contributed by atoms with Gasteiger partial charge in [0.15, 0.2) is 6.61 Å². The van der Waals surface area contributed by atoms with E-state index < -0.39 is 0 Å². The van der Waals surface area contributed by atoms with Crippen LogP contribution in [0.4, 0.5) is 0 Å². The van der Waals surface area contributed by atoms with Crippen molar-refractivity contribution < 1.29 is 14.3 Å². The molecule has 0 fully saturated rings. The number of amides is 1. The molecular weight excluding hydrogens is 292 g/mol. The Morgan fingerprint density at radius 2 is 2.00 bits per heavy atom. The molecule has 5 nitrogen and oxygen atoms in total. The van der Waals surface area contributed by atoms with Crippen molar-refractivity contribution in [2.75, 3.05) is 13.7 Å². The van der Waals surface area contributed by atoms with Crippen molar-refractivity contribution in [3.63, 3.8) is 0 Å². The predicted octanol–water partition coefficient (Wildman–Crippen LogP) is 2.84. The minimum absolute atomic E-state index is 0.0836. The fraction of sp³-hybridized carbons (Fsp3) is 0.222. The summed E-state index contributed by atoms with van der Waals surface area (Å²) < 4.78 is 10.6. The first-order valence-electron chi connectivity index (χ1n) is 7.25. The van der Waals surface area contributed by atoms with E-state index in [1.165, 1.54) is 0 Å². The molecule has 0 saturated carbocycles. The van der Waals surface area contributed by atoms with E-state index in [2.05, 4.69) is 10.5 Å². The van der Waals surface area contributed by atoms with Gasteiger partial charge < -0.3 is 9.47 Å². The highest BCUT2D eigenvalue weighted by Gasteiger charge is 2.05. The molecule has 2 aromatic carbocycles. The third-order valence-corrected chi connectivity index (χ3v) is 3.41. The van der Waals surface area contributed by atoms with Crippen molar-refractivity contribution in [3.8, 4) is 11.5 Å². The first-order valence-corrected chi connectivity index (χ1v) is 7.25. The molecule has 0 spiro atoms. The summed E-state index contributed by atoms with van der Waals surface area (Å²) in [7, 11) is 1.60. The number of aryl methyl sites for hydroxylation is 1. The number of hydrogen-bond acceptors (Lipinski definition) is 4. The van der Waals surface area contributed by atoms with Gasteiger partial charge in [-0.25, -0.2) is 5.43 Å². The third-order valence-electron chi connectivity index (χ3n) is 3.41. The van der Waals surface area contributed by atoms with Crippen molar-refractivity contribution in [1.82, 2.24) is 5.43 Å². The van der Waals surface area contributed by atoms with Gasteiger partial charge in [0.2, 0.25) is 0 Å². The lowest BCUT2D eigenvalue weighted by Crippen LogP contribution is -2.24. The topological polar surface area (TPSA) is 59.9 Å². The van der Waals surface area contributed by atoms with E-state index in [4.69, 9.17) is 9.47 Å². The van der Waals surface area contributed by atoms with Gasteiger partial charge >= 0.3 is 0 Å². The van der Waals surface area contributed by atoms with Crippen LogP contribution in [0.25, 0.3) is 0 Å². The van der Waals surface area contributed by atoms with Crippen molar-refractivity contribution in [2.45, 2.75) is 13.8 Å². The smallest absolute Gasteiger partial charge is 0.277 e. The Morgan fingerprint density at radius 1 is 1.22 bits per heavy atom. The normalized spacial score (nSPS) is 10.6. The molecule has 2 aromatic rings. The largest absolute Gasteiger partial charge is 0.497 e. The molecule has 5 heteroatoms. The number of carbonyl (C=O) groups is 1. The van der Waals surface area contributed by atoms with E-state index in [-0.39, 0.29) is 12.5 Å². The highest BCUT2D eigenvalue weighted by atomic mass is 16.5. The molecule has 1 amide bonds. The Morgan fingerprint density at radius 3 is 2.78 bits per heavy atom. The summed E-state index contributed by atoms with van der Waals surface area (Å²) in [5.74, 6) is 1.13. The minimum atomic E-state index is -0.315. The van der Waals surface area contributed by atoms with Crippen LogP contribution in [0.2, 0.25) is 0 Å². The second-order valence-corrected chi connectivity index (χ2v) is 5.06. The zero-order valence-electron chi connectivity index (χ0n) is 13.5. The fourth-order valence-electron chi connectivity index (χ4n) is 1.96. The van der Waals surface area contributed by atoms with E-state index in [1.54, 1.807) is 13.3 Å². The molecule has 2 rings (SSSR count). The molecular formula is C18H20N2O3. The molecule has 0 bridgehead atoms. The van der Waals surface area contributed by atoms with Crippen LogP contribution in [-0.2, 0) is 4.79 Å². The summed E-state index contributed by atoms with van der Waals surface area (Å²) in [5.41, 5.74) is 5.42. The zero-order valence-corrected chi connectivity index (χ0v) is 13.5. The second kappa shape index (κ2) is 7.98. The molecule has 0 aliphatic carbocycles. The minimum Gasteiger partial charge on any atom is -0.497 e. The van der Waals surface area contributed by atoms with Gasteiger partial charge in [0, 0.05) is 0 Å². The van der Waals surface area contributed by atoms with E-state index >= 15 is 0 Å². The molecule has 23 heavy (non-hydrogen) atoms. The summed E-state index contributed by atoms with van der Waals surface area (Å²) in [6.07, 6.45) is 1.55. The summed E-state index contributed by atoms with van der Waals surface area (Å²) in [5, 5.41) is 3.91. The standard InChI is InChI=1S/C18H20N2O3/c1-13-6-4-9-17(14(13)2)23-12-18(21)20-19-11-15-7-5-8-16(10-15)22-3/h4-11H,12H2,1-3H3,(H,20,21)/b19-11+. The van der Waals surface area contributed by atoms with Gasteiger partial charge in [0.05, 0.1) is 13.3 Å². The maximum absolute atomic E-state index is 11.8. The summed E-state index contributed by atoms with van der Waals surface area (Å²) in [4.78, 5) is 11.8. The molecule has 0 heterocycles. The highest BCUT2D eigenvalue weighted by Crippen LogP contribution is 2.20.